The zero-order valence-corrected chi connectivity index (χ0v) is 10.1. The number of nitrogens with one attached hydrogen (secondary N) is 1. The Morgan fingerprint density at radius 2 is 1.88 bits per heavy atom. The lowest BCUT2D eigenvalue weighted by Gasteiger charge is -2.03. The average Bonchev–Trinajstić information content (AvgIpc) is 2.27. The molecule has 0 aliphatic heterocycles. The molecule has 0 amide bonds. The van der Waals surface area contributed by atoms with Gasteiger partial charge in [-0.2, -0.15) is 0 Å². The Morgan fingerprint density at radius 1 is 1.12 bits per heavy atom. The van der Waals surface area contributed by atoms with E-state index in [0.29, 0.717) is 13.0 Å². The summed E-state index contributed by atoms with van der Waals surface area (Å²) >= 11 is 0. The van der Waals surface area contributed by atoms with Gasteiger partial charge in [-0.25, -0.2) is 0 Å². The molecule has 0 aliphatic carbocycles. The maximum atomic E-state index is 11.0. The Bertz CT molecular complexity index is 206. The molecule has 5 nitrogen and oxygen atoms in total. The molecule has 0 rings (SSSR count). The second-order valence-electron chi connectivity index (χ2n) is 3.37. The minimum absolute atomic E-state index is 0.134. The number of hydrogen-bond acceptors (Lipinski definition) is 5. The summed E-state index contributed by atoms with van der Waals surface area (Å²) in [6.45, 7) is 3.25. The zero-order chi connectivity index (χ0) is 12.2. The molecule has 0 bridgehead atoms. The standard InChI is InChI=1S/C11H21NO4/c1-3-16-10(13)7-5-4-6-8-12-9-11(14)15-2/h12H,3-9H2,1-2H3. The Hall–Kier alpha value is -1.10. The van der Waals surface area contributed by atoms with E-state index >= 15 is 0 Å². The molecule has 0 radical (unpaired) electrons. The van der Waals surface area contributed by atoms with Crippen molar-refractivity contribution in [1.29, 1.82) is 0 Å². The van der Waals surface area contributed by atoms with Gasteiger partial charge in [-0.3, -0.25) is 9.59 Å². The maximum absolute atomic E-state index is 11.0. The van der Waals surface area contributed by atoms with Gasteiger partial charge in [-0.05, 0) is 26.3 Å². The second kappa shape index (κ2) is 10.4. The maximum Gasteiger partial charge on any atom is 0.319 e. The lowest BCUT2D eigenvalue weighted by molar-refractivity contribution is -0.143. The van der Waals surface area contributed by atoms with Crippen LogP contribution in [-0.2, 0) is 19.1 Å². The van der Waals surface area contributed by atoms with Crippen LogP contribution in [0.25, 0.3) is 0 Å². The molecule has 0 aromatic rings. The third-order valence-electron chi connectivity index (χ3n) is 2.04. The first-order chi connectivity index (χ1) is 7.70. The molecule has 1 N–H and O–H groups in total. The van der Waals surface area contributed by atoms with Gasteiger partial charge in [0.05, 0.1) is 20.3 Å². The fraction of sp³-hybridized carbons (Fsp3) is 0.818. The highest BCUT2D eigenvalue weighted by Crippen LogP contribution is 2.00. The molecule has 0 spiro atoms. The minimum Gasteiger partial charge on any atom is -0.468 e. The minimum atomic E-state index is -0.258. The van der Waals surface area contributed by atoms with Crippen LogP contribution in [0, 0.1) is 0 Å². The van der Waals surface area contributed by atoms with Crippen LogP contribution in [0.3, 0.4) is 0 Å². The van der Waals surface area contributed by atoms with Crippen LogP contribution in [0.15, 0.2) is 0 Å². The van der Waals surface area contributed by atoms with Gasteiger partial charge in [0.2, 0.25) is 0 Å². The summed E-state index contributed by atoms with van der Waals surface area (Å²) in [6, 6.07) is 0. The number of ether oxygens (including phenoxy) is 2. The first-order valence-corrected chi connectivity index (χ1v) is 5.63. The van der Waals surface area contributed by atoms with E-state index in [2.05, 4.69) is 10.1 Å². The Kier molecular flexibility index (Phi) is 9.70. The highest BCUT2D eigenvalue weighted by Gasteiger charge is 2.01. The van der Waals surface area contributed by atoms with E-state index in [1.54, 1.807) is 6.92 Å². The number of esters is 2. The molecule has 5 heteroatoms. The van der Waals surface area contributed by atoms with Gasteiger partial charge >= 0.3 is 11.9 Å². The van der Waals surface area contributed by atoms with Gasteiger partial charge in [0.15, 0.2) is 0 Å². The van der Waals surface area contributed by atoms with Crippen molar-refractivity contribution in [2.24, 2.45) is 0 Å². The summed E-state index contributed by atoms with van der Waals surface area (Å²) in [7, 11) is 1.36. The highest BCUT2D eigenvalue weighted by molar-refractivity contribution is 5.71. The Balaban J connectivity index is 3.15. The summed E-state index contributed by atoms with van der Waals surface area (Å²) in [6.07, 6.45) is 3.20. The zero-order valence-electron chi connectivity index (χ0n) is 10.1. The van der Waals surface area contributed by atoms with E-state index in [4.69, 9.17) is 4.74 Å². The Labute approximate surface area is 96.5 Å². The van der Waals surface area contributed by atoms with Gasteiger partial charge in [0.25, 0.3) is 0 Å². The predicted molar refractivity (Wildman–Crippen MR) is 60.0 cm³/mol. The monoisotopic (exact) mass is 231 g/mol. The molecule has 0 saturated carbocycles. The molecule has 0 atom stereocenters. The van der Waals surface area contributed by atoms with Crippen molar-refractivity contribution in [3.8, 4) is 0 Å². The van der Waals surface area contributed by atoms with Crippen molar-refractivity contribution in [2.45, 2.75) is 32.6 Å². The first kappa shape index (κ1) is 14.9. The molecule has 0 aliphatic rings. The number of unbranched alkanes of at least 4 members (excludes halogenated alkanes) is 2. The van der Waals surface area contributed by atoms with Crippen LogP contribution in [0.4, 0.5) is 0 Å². The van der Waals surface area contributed by atoms with Gasteiger partial charge in [0.1, 0.15) is 0 Å². The average molecular weight is 231 g/mol. The summed E-state index contributed by atoms with van der Waals surface area (Å²) in [4.78, 5) is 21.7. The van der Waals surface area contributed by atoms with Crippen molar-refractivity contribution in [3.63, 3.8) is 0 Å². The molecule has 16 heavy (non-hydrogen) atoms. The predicted octanol–water partition coefficient (Wildman–Crippen LogP) is 0.872. The van der Waals surface area contributed by atoms with E-state index in [1.807, 2.05) is 0 Å². The highest BCUT2D eigenvalue weighted by atomic mass is 16.5. The number of methoxy groups -OCH3 is 1. The molecule has 0 fully saturated rings. The van der Waals surface area contributed by atoms with E-state index in [0.717, 1.165) is 25.8 Å². The summed E-state index contributed by atoms with van der Waals surface area (Å²) in [5.41, 5.74) is 0. The number of carbonyl (C=O) groups excluding carboxylic acids is 2. The fourth-order valence-corrected chi connectivity index (χ4v) is 1.19. The van der Waals surface area contributed by atoms with Gasteiger partial charge in [0, 0.05) is 6.42 Å². The number of rotatable bonds is 9. The lowest BCUT2D eigenvalue weighted by atomic mass is 10.2. The van der Waals surface area contributed by atoms with Crippen molar-refractivity contribution < 1.29 is 19.1 Å². The van der Waals surface area contributed by atoms with Crippen LogP contribution < -0.4 is 5.32 Å². The largest absolute Gasteiger partial charge is 0.468 e. The molecule has 0 aromatic heterocycles. The van der Waals surface area contributed by atoms with Crippen LogP contribution in [0.5, 0.6) is 0 Å². The second-order valence-corrected chi connectivity index (χ2v) is 3.37. The Morgan fingerprint density at radius 3 is 2.50 bits per heavy atom. The molecular formula is C11H21NO4. The fourth-order valence-electron chi connectivity index (χ4n) is 1.19. The van der Waals surface area contributed by atoms with Crippen LogP contribution in [0.1, 0.15) is 32.6 Å². The van der Waals surface area contributed by atoms with Gasteiger partial charge < -0.3 is 14.8 Å². The van der Waals surface area contributed by atoms with Crippen LogP contribution >= 0.6 is 0 Å². The van der Waals surface area contributed by atoms with Crippen molar-refractivity contribution >= 4 is 11.9 Å². The summed E-state index contributed by atoms with van der Waals surface area (Å²) in [5, 5.41) is 2.96. The molecule has 0 unspecified atom stereocenters. The van der Waals surface area contributed by atoms with E-state index < -0.39 is 0 Å². The SMILES string of the molecule is CCOC(=O)CCCCCNCC(=O)OC. The van der Waals surface area contributed by atoms with Gasteiger partial charge in [-0.1, -0.05) is 6.42 Å². The topological polar surface area (TPSA) is 64.6 Å². The third-order valence-corrected chi connectivity index (χ3v) is 2.04. The molecule has 0 heterocycles. The van der Waals surface area contributed by atoms with Crippen LogP contribution in [0.2, 0.25) is 0 Å². The summed E-state index contributed by atoms with van der Waals surface area (Å²) in [5.74, 6) is -0.392. The van der Waals surface area contributed by atoms with E-state index in [-0.39, 0.29) is 18.5 Å². The number of carbonyl (C=O) groups is 2. The molecule has 0 saturated heterocycles. The molecular weight excluding hydrogens is 210 g/mol. The quantitative estimate of drug-likeness (QED) is 0.471. The first-order valence-electron chi connectivity index (χ1n) is 5.63. The van der Waals surface area contributed by atoms with Crippen molar-refractivity contribution in [2.75, 3.05) is 26.8 Å². The molecule has 94 valence electrons. The third kappa shape index (κ3) is 9.45. The van der Waals surface area contributed by atoms with E-state index in [9.17, 15) is 9.59 Å². The summed E-state index contributed by atoms with van der Waals surface area (Å²) < 4.78 is 9.27. The van der Waals surface area contributed by atoms with Crippen molar-refractivity contribution in [3.05, 3.63) is 0 Å². The van der Waals surface area contributed by atoms with Gasteiger partial charge in [-0.15, -0.1) is 0 Å². The van der Waals surface area contributed by atoms with Crippen molar-refractivity contribution in [1.82, 2.24) is 5.32 Å². The lowest BCUT2D eigenvalue weighted by Crippen LogP contribution is -2.24. The van der Waals surface area contributed by atoms with E-state index in [1.165, 1.54) is 7.11 Å². The molecule has 0 aromatic carbocycles. The van der Waals surface area contributed by atoms with Crippen LogP contribution in [-0.4, -0.2) is 38.7 Å². The number of hydrogen-bond donors (Lipinski definition) is 1. The normalized spacial score (nSPS) is 9.88. The smallest absolute Gasteiger partial charge is 0.319 e.